The number of sulfonamides is 1. The number of nitrogens with zero attached hydrogens (tertiary/aromatic N) is 3. The maximum absolute atomic E-state index is 12.6. The molecule has 0 radical (unpaired) electrons. The molecule has 0 saturated heterocycles. The van der Waals surface area contributed by atoms with Crippen LogP contribution >= 0.6 is 0 Å². The van der Waals surface area contributed by atoms with E-state index in [1.807, 2.05) is 6.92 Å². The molecule has 10 heteroatoms. The Kier molecular flexibility index (Phi) is 6.36. The molecule has 1 amide bonds. The van der Waals surface area contributed by atoms with E-state index in [2.05, 4.69) is 20.0 Å². The molecule has 4 rings (SSSR count). The number of anilines is 2. The molecule has 2 N–H and O–H groups in total. The highest BCUT2D eigenvalue weighted by molar-refractivity contribution is 7.92. The quantitative estimate of drug-likeness (QED) is 0.412. The standard InChI is InChI=1S/C23H21N5O4S/c1-2-32-20-8-10-21(11-9-20)33(30,31)27-18-5-3-17(4-6-18)23(29)26-19-7-12-22(25-15-19)28-14-13-24-16-28/h3-16,27H,2H2,1H3,(H,26,29). The summed E-state index contributed by atoms with van der Waals surface area (Å²) in [6.07, 6.45) is 6.60. The second-order valence-corrected chi connectivity index (χ2v) is 8.60. The van der Waals surface area contributed by atoms with Gasteiger partial charge in [0.2, 0.25) is 0 Å². The topological polar surface area (TPSA) is 115 Å². The van der Waals surface area contributed by atoms with Crippen molar-refractivity contribution in [3.8, 4) is 11.6 Å². The van der Waals surface area contributed by atoms with Gasteiger partial charge in [-0.15, -0.1) is 0 Å². The number of imidazole rings is 1. The lowest BCUT2D eigenvalue weighted by atomic mass is 10.2. The van der Waals surface area contributed by atoms with Crippen molar-refractivity contribution in [1.29, 1.82) is 0 Å². The van der Waals surface area contributed by atoms with Gasteiger partial charge in [0.05, 0.1) is 23.4 Å². The van der Waals surface area contributed by atoms with Gasteiger partial charge in [0, 0.05) is 23.6 Å². The molecule has 0 saturated carbocycles. The van der Waals surface area contributed by atoms with Crippen LogP contribution in [0.5, 0.6) is 5.75 Å². The first kappa shape index (κ1) is 22.0. The van der Waals surface area contributed by atoms with E-state index in [9.17, 15) is 13.2 Å². The number of pyridine rings is 1. The Morgan fingerprint density at radius 3 is 2.33 bits per heavy atom. The fraction of sp³-hybridized carbons (Fsp3) is 0.0870. The number of benzene rings is 2. The number of carbonyl (C=O) groups is 1. The lowest BCUT2D eigenvalue weighted by Crippen LogP contribution is -2.14. The Balaban J connectivity index is 1.39. The van der Waals surface area contributed by atoms with E-state index in [0.717, 1.165) is 0 Å². The Labute approximate surface area is 191 Å². The van der Waals surface area contributed by atoms with Crippen LogP contribution in [0.4, 0.5) is 11.4 Å². The van der Waals surface area contributed by atoms with Gasteiger partial charge in [0.1, 0.15) is 17.9 Å². The maximum atomic E-state index is 12.6. The molecule has 0 fully saturated rings. The SMILES string of the molecule is CCOc1ccc(S(=O)(=O)Nc2ccc(C(=O)Nc3ccc(-n4ccnc4)nc3)cc2)cc1. The Hall–Kier alpha value is -4.18. The number of hydrogen-bond donors (Lipinski definition) is 2. The average Bonchev–Trinajstić information content (AvgIpc) is 3.35. The fourth-order valence-electron chi connectivity index (χ4n) is 3.00. The van der Waals surface area contributed by atoms with Gasteiger partial charge in [0.15, 0.2) is 0 Å². The zero-order valence-electron chi connectivity index (χ0n) is 17.7. The highest BCUT2D eigenvalue weighted by atomic mass is 32.2. The van der Waals surface area contributed by atoms with E-state index in [1.54, 1.807) is 65.9 Å². The van der Waals surface area contributed by atoms with Crippen molar-refractivity contribution in [2.24, 2.45) is 0 Å². The molecule has 0 aliphatic heterocycles. The molecule has 33 heavy (non-hydrogen) atoms. The molecule has 0 aliphatic rings. The molecule has 168 valence electrons. The van der Waals surface area contributed by atoms with Crippen molar-refractivity contribution < 1.29 is 17.9 Å². The highest BCUT2D eigenvalue weighted by Gasteiger charge is 2.15. The monoisotopic (exact) mass is 463 g/mol. The minimum atomic E-state index is -3.77. The molecule has 0 aliphatic carbocycles. The zero-order chi connectivity index (χ0) is 23.3. The largest absolute Gasteiger partial charge is 0.494 e. The highest BCUT2D eigenvalue weighted by Crippen LogP contribution is 2.20. The summed E-state index contributed by atoms with van der Waals surface area (Å²) in [4.78, 5) is 20.9. The van der Waals surface area contributed by atoms with E-state index in [1.165, 1.54) is 24.3 Å². The lowest BCUT2D eigenvalue weighted by molar-refractivity contribution is 0.102. The molecule has 4 aromatic rings. The first-order chi connectivity index (χ1) is 15.9. The average molecular weight is 464 g/mol. The maximum Gasteiger partial charge on any atom is 0.261 e. The van der Waals surface area contributed by atoms with Gasteiger partial charge in [-0.05, 0) is 67.6 Å². The molecular formula is C23H21N5O4S. The van der Waals surface area contributed by atoms with Crippen LogP contribution in [0, 0.1) is 0 Å². The third-order valence-electron chi connectivity index (χ3n) is 4.62. The normalized spacial score (nSPS) is 11.1. The number of carbonyl (C=O) groups excluding carboxylic acids is 1. The van der Waals surface area contributed by atoms with Gasteiger partial charge in [-0.25, -0.2) is 18.4 Å². The van der Waals surface area contributed by atoms with Crippen molar-refractivity contribution in [2.45, 2.75) is 11.8 Å². The van der Waals surface area contributed by atoms with Crippen LogP contribution in [-0.4, -0.2) is 35.5 Å². The van der Waals surface area contributed by atoms with E-state index >= 15 is 0 Å². The van der Waals surface area contributed by atoms with E-state index in [4.69, 9.17) is 4.74 Å². The van der Waals surface area contributed by atoms with Gasteiger partial charge < -0.3 is 10.1 Å². The van der Waals surface area contributed by atoms with Crippen LogP contribution in [0.1, 0.15) is 17.3 Å². The number of amides is 1. The first-order valence-corrected chi connectivity index (χ1v) is 11.5. The van der Waals surface area contributed by atoms with Gasteiger partial charge >= 0.3 is 0 Å². The van der Waals surface area contributed by atoms with Crippen LogP contribution in [0.25, 0.3) is 5.82 Å². The fourth-order valence-corrected chi connectivity index (χ4v) is 4.05. The van der Waals surface area contributed by atoms with Crippen LogP contribution in [0.2, 0.25) is 0 Å². The van der Waals surface area contributed by atoms with Crippen molar-refractivity contribution in [2.75, 3.05) is 16.6 Å². The van der Waals surface area contributed by atoms with Crippen molar-refractivity contribution in [3.63, 3.8) is 0 Å². The third kappa shape index (κ3) is 5.36. The molecule has 0 atom stereocenters. The van der Waals surface area contributed by atoms with Gasteiger partial charge in [-0.2, -0.15) is 0 Å². The summed E-state index contributed by atoms with van der Waals surface area (Å²) in [5, 5.41) is 2.76. The molecule has 0 spiro atoms. The lowest BCUT2D eigenvalue weighted by Gasteiger charge is -2.10. The zero-order valence-corrected chi connectivity index (χ0v) is 18.5. The Morgan fingerprint density at radius 2 is 1.73 bits per heavy atom. The summed E-state index contributed by atoms with van der Waals surface area (Å²) >= 11 is 0. The second kappa shape index (κ2) is 9.53. The van der Waals surface area contributed by atoms with Crippen LogP contribution in [0.15, 0.2) is 90.5 Å². The van der Waals surface area contributed by atoms with Crippen LogP contribution < -0.4 is 14.8 Å². The molecule has 2 heterocycles. The summed E-state index contributed by atoms with van der Waals surface area (Å²) in [5.74, 6) is 0.932. The minimum Gasteiger partial charge on any atom is -0.494 e. The Bertz CT molecular complexity index is 1320. The molecule has 2 aromatic carbocycles. The summed E-state index contributed by atoms with van der Waals surface area (Å²) in [7, 11) is -3.77. The number of aromatic nitrogens is 3. The van der Waals surface area contributed by atoms with Gasteiger partial charge in [-0.1, -0.05) is 0 Å². The summed E-state index contributed by atoms with van der Waals surface area (Å²) in [6.45, 7) is 2.35. The predicted octanol–water partition coefficient (Wildman–Crippen LogP) is 3.72. The smallest absolute Gasteiger partial charge is 0.261 e. The van der Waals surface area contributed by atoms with Crippen molar-refractivity contribution in [3.05, 3.63) is 91.1 Å². The van der Waals surface area contributed by atoms with Crippen LogP contribution in [0.3, 0.4) is 0 Å². The van der Waals surface area contributed by atoms with Crippen LogP contribution in [-0.2, 0) is 10.0 Å². The Morgan fingerprint density at radius 1 is 1.00 bits per heavy atom. The summed E-state index contributed by atoms with van der Waals surface area (Å²) in [6, 6.07) is 15.8. The van der Waals surface area contributed by atoms with E-state index < -0.39 is 10.0 Å². The van der Waals surface area contributed by atoms with Gasteiger partial charge in [0.25, 0.3) is 15.9 Å². The van der Waals surface area contributed by atoms with Gasteiger partial charge in [-0.3, -0.25) is 14.1 Å². The molecule has 0 unspecified atom stereocenters. The number of rotatable bonds is 8. The van der Waals surface area contributed by atoms with E-state index in [0.29, 0.717) is 35.1 Å². The molecule has 0 bridgehead atoms. The van der Waals surface area contributed by atoms with Crippen molar-refractivity contribution >= 4 is 27.3 Å². The number of nitrogens with one attached hydrogen (secondary N) is 2. The predicted molar refractivity (Wildman–Crippen MR) is 124 cm³/mol. The third-order valence-corrected chi connectivity index (χ3v) is 6.02. The first-order valence-electron chi connectivity index (χ1n) is 10.1. The van der Waals surface area contributed by atoms with E-state index in [-0.39, 0.29) is 10.8 Å². The number of ether oxygens (including phenoxy) is 1. The second-order valence-electron chi connectivity index (χ2n) is 6.92. The number of hydrogen-bond acceptors (Lipinski definition) is 6. The molecule has 9 nitrogen and oxygen atoms in total. The summed E-state index contributed by atoms with van der Waals surface area (Å²) in [5.41, 5.74) is 1.24. The van der Waals surface area contributed by atoms with Crippen molar-refractivity contribution in [1.82, 2.24) is 14.5 Å². The minimum absolute atomic E-state index is 0.111. The molecule has 2 aromatic heterocycles. The summed E-state index contributed by atoms with van der Waals surface area (Å²) < 4.78 is 34.8. The molecular weight excluding hydrogens is 442 g/mol.